The molecule has 80 valence electrons. The molecule has 1 heterocycles. The summed E-state index contributed by atoms with van der Waals surface area (Å²) in [6.07, 6.45) is 3.54. The molecule has 0 spiro atoms. The first-order chi connectivity index (χ1) is 5.79. The van der Waals surface area contributed by atoms with Gasteiger partial charge < -0.3 is 19.7 Å². The highest BCUT2D eigenvalue weighted by Gasteiger charge is 2.46. The zero-order valence-corrected chi connectivity index (χ0v) is 9.84. The van der Waals surface area contributed by atoms with Gasteiger partial charge in [-0.3, -0.25) is 0 Å². The fourth-order valence-corrected chi connectivity index (χ4v) is 5.10. The van der Waals surface area contributed by atoms with Gasteiger partial charge in [0, 0.05) is 21.3 Å². The summed E-state index contributed by atoms with van der Waals surface area (Å²) in [5.74, 6) is 0. The lowest BCUT2D eigenvalue weighted by molar-refractivity contribution is 0.0801. The predicted molar refractivity (Wildman–Crippen MR) is 54.2 cm³/mol. The Kier molecular flexibility index (Phi) is 5.74. The zero-order valence-electron chi connectivity index (χ0n) is 8.84. The second-order valence-corrected chi connectivity index (χ2v) is 6.77. The topological polar surface area (TPSA) is 62.7 Å². The van der Waals surface area contributed by atoms with Crippen molar-refractivity contribution in [2.75, 3.05) is 21.3 Å². The molecule has 1 saturated heterocycles. The fourth-order valence-electron chi connectivity index (χ4n) is 1.93. The maximum Gasteiger partial charge on any atom is 0.367 e. The second kappa shape index (κ2) is 5.72. The van der Waals surface area contributed by atoms with Crippen LogP contribution in [0.4, 0.5) is 0 Å². The molecule has 3 N–H and O–H groups in total. The van der Waals surface area contributed by atoms with Gasteiger partial charge in [0.05, 0.1) is 0 Å². The molecule has 1 aliphatic rings. The molecule has 0 saturated carbocycles. The quantitative estimate of drug-likeness (QED) is 0.714. The van der Waals surface area contributed by atoms with E-state index in [2.05, 4.69) is 0 Å². The monoisotopic (exact) mass is 207 g/mol. The van der Waals surface area contributed by atoms with Crippen LogP contribution in [0.2, 0.25) is 6.04 Å². The number of hydrogen-bond acceptors (Lipinski definition) is 4. The van der Waals surface area contributed by atoms with E-state index in [4.69, 9.17) is 13.6 Å². The van der Waals surface area contributed by atoms with Gasteiger partial charge in [0.2, 0.25) is 0 Å². The van der Waals surface area contributed by atoms with Crippen molar-refractivity contribution in [3.63, 3.8) is 0 Å². The highest BCUT2D eigenvalue weighted by atomic mass is 28.4. The maximum absolute atomic E-state index is 5.52. The highest BCUT2D eigenvalue weighted by molar-refractivity contribution is 6.68. The lowest BCUT2D eigenvalue weighted by Crippen LogP contribution is -2.54. The molecule has 0 aromatic heterocycles. The molecular formula is C8H21NO3Si. The van der Waals surface area contributed by atoms with E-state index in [9.17, 15) is 0 Å². The van der Waals surface area contributed by atoms with Crippen LogP contribution in [-0.4, -0.2) is 35.6 Å². The average Bonchev–Trinajstić information content (AvgIpc) is 2.17. The lowest BCUT2D eigenvalue weighted by atomic mass is 10.2. The van der Waals surface area contributed by atoms with Crippen LogP contribution in [0.3, 0.4) is 0 Å². The van der Waals surface area contributed by atoms with Crippen LogP contribution < -0.4 is 6.15 Å². The third-order valence-electron chi connectivity index (χ3n) is 2.71. The Morgan fingerprint density at radius 3 is 2.08 bits per heavy atom. The Hall–Kier alpha value is 0.0569. The molecule has 1 rings (SSSR count). The first-order valence-corrected chi connectivity index (χ1v) is 6.52. The molecule has 1 atom stereocenters. The minimum atomic E-state index is -1.98. The molecule has 0 bridgehead atoms. The second-order valence-electron chi connectivity index (χ2n) is 3.19. The van der Waals surface area contributed by atoms with Crippen molar-refractivity contribution in [2.24, 2.45) is 0 Å². The van der Waals surface area contributed by atoms with Crippen LogP contribution in [0.25, 0.3) is 0 Å². The van der Waals surface area contributed by atoms with Crippen LogP contribution in [0.15, 0.2) is 0 Å². The summed E-state index contributed by atoms with van der Waals surface area (Å²) in [6, 6.07) is 1.07. The van der Waals surface area contributed by atoms with E-state index in [-0.39, 0.29) is 11.9 Å². The van der Waals surface area contributed by atoms with Crippen molar-refractivity contribution in [1.29, 1.82) is 0 Å². The van der Waals surface area contributed by atoms with E-state index in [0.717, 1.165) is 12.5 Å². The Bertz CT molecular complexity index is 141. The summed E-state index contributed by atoms with van der Waals surface area (Å²) in [5.41, 5.74) is 0.223. The SMILES string of the molecule is COC1CCCC[Si]1(OC)OC.N. The summed E-state index contributed by atoms with van der Waals surface area (Å²) in [7, 11) is 3.25. The maximum atomic E-state index is 5.52. The van der Waals surface area contributed by atoms with Gasteiger partial charge in [-0.25, -0.2) is 0 Å². The molecule has 0 aromatic carbocycles. The highest BCUT2D eigenvalue weighted by Crippen LogP contribution is 2.30. The number of hydrogen-bond donors (Lipinski definition) is 1. The van der Waals surface area contributed by atoms with Crippen LogP contribution in [0.5, 0.6) is 0 Å². The Morgan fingerprint density at radius 2 is 1.69 bits per heavy atom. The molecule has 5 heteroatoms. The van der Waals surface area contributed by atoms with Gasteiger partial charge in [0.25, 0.3) is 0 Å². The van der Waals surface area contributed by atoms with Crippen molar-refractivity contribution >= 4 is 8.56 Å². The van der Waals surface area contributed by atoms with E-state index in [1.165, 1.54) is 12.8 Å². The van der Waals surface area contributed by atoms with Crippen molar-refractivity contribution in [3.8, 4) is 0 Å². The van der Waals surface area contributed by atoms with Gasteiger partial charge in [-0.05, 0) is 12.5 Å². The van der Waals surface area contributed by atoms with E-state index in [1.807, 2.05) is 0 Å². The van der Waals surface area contributed by atoms with Crippen LogP contribution >= 0.6 is 0 Å². The summed E-state index contributed by atoms with van der Waals surface area (Å²) < 4.78 is 16.4. The molecule has 0 amide bonds. The smallest absolute Gasteiger partial charge is 0.367 e. The van der Waals surface area contributed by atoms with Gasteiger partial charge in [-0.2, -0.15) is 0 Å². The Morgan fingerprint density at radius 1 is 1.08 bits per heavy atom. The molecule has 13 heavy (non-hydrogen) atoms. The van der Waals surface area contributed by atoms with Crippen molar-refractivity contribution in [1.82, 2.24) is 6.15 Å². The fraction of sp³-hybridized carbons (Fsp3) is 1.00. The predicted octanol–water partition coefficient (Wildman–Crippen LogP) is 1.62. The third kappa shape index (κ3) is 2.51. The summed E-state index contributed by atoms with van der Waals surface area (Å²) in [4.78, 5) is 0. The van der Waals surface area contributed by atoms with Crippen LogP contribution in [0.1, 0.15) is 19.3 Å². The molecule has 4 nitrogen and oxygen atoms in total. The average molecular weight is 207 g/mol. The zero-order chi connectivity index (χ0) is 9.03. The van der Waals surface area contributed by atoms with Gasteiger partial charge in [0.15, 0.2) is 0 Å². The molecule has 0 radical (unpaired) electrons. The van der Waals surface area contributed by atoms with Crippen molar-refractivity contribution < 1.29 is 13.6 Å². The Balaban J connectivity index is 0.00000144. The summed E-state index contributed by atoms with van der Waals surface area (Å²) in [6.45, 7) is 0. The van der Waals surface area contributed by atoms with E-state index in [0.29, 0.717) is 0 Å². The van der Waals surface area contributed by atoms with E-state index in [1.54, 1.807) is 21.3 Å². The molecular weight excluding hydrogens is 186 g/mol. The third-order valence-corrected chi connectivity index (χ3v) is 6.65. The summed E-state index contributed by atoms with van der Waals surface area (Å²) >= 11 is 0. The first kappa shape index (κ1) is 13.1. The van der Waals surface area contributed by atoms with Crippen LogP contribution in [0, 0.1) is 0 Å². The largest absolute Gasteiger partial charge is 0.396 e. The molecule has 1 fully saturated rings. The molecule has 1 aliphatic heterocycles. The molecule has 0 aromatic rings. The minimum Gasteiger partial charge on any atom is -0.396 e. The normalized spacial score (nSPS) is 26.5. The lowest BCUT2D eigenvalue weighted by Gasteiger charge is -2.37. The van der Waals surface area contributed by atoms with E-state index < -0.39 is 8.56 Å². The number of methoxy groups -OCH3 is 1. The molecule has 1 unspecified atom stereocenters. The van der Waals surface area contributed by atoms with Gasteiger partial charge in [-0.1, -0.05) is 12.8 Å². The van der Waals surface area contributed by atoms with E-state index >= 15 is 0 Å². The standard InChI is InChI=1S/C8H18O3Si.H3N/c1-9-8-6-4-5-7-12(8,10-2)11-3;/h8H,4-7H2,1-3H3;1H3. The van der Waals surface area contributed by atoms with Gasteiger partial charge in [0.1, 0.15) is 5.73 Å². The van der Waals surface area contributed by atoms with Gasteiger partial charge >= 0.3 is 8.56 Å². The molecule has 0 aliphatic carbocycles. The van der Waals surface area contributed by atoms with Crippen LogP contribution in [-0.2, 0) is 13.6 Å². The summed E-state index contributed by atoms with van der Waals surface area (Å²) in [5, 5.41) is 0. The number of rotatable bonds is 3. The van der Waals surface area contributed by atoms with Crippen molar-refractivity contribution in [2.45, 2.75) is 31.0 Å². The Labute approximate surface area is 81.4 Å². The van der Waals surface area contributed by atoms with Gasteiger partial charge in [-0.15, -0.1) is 0 Å². The first-order valence-electron chi connectivity index (χ1n) is 4.42. The minimum absolute atomic E-state index is 0. The number of ether oxygens (including phenoxy) is 1. The van der Waals surface area contributed by atoms with Crippen molar-refractivity contribution in [3.05, 3.63) is 0 Å².